The maximum atomic E-state index is 12.0. The Labute approximate surface area is 133 Å². The van der Waals surface area contributed by atoms with E-state index in [1.807, 2.05) is 36.4 Å². The van der Waals surface area contributed by atoms with Crippen LogP contribution in [0.5, 0.6) is 11.5 Å². The number of nitrogens with zero attached hydrogens (tertiary/aromatic N) is 1. The van der Waals surface area contributed by atoms with E-state index in [-0.39, 0.29) is 11.6 Å². The Morgan fingerprint density at radius 3 is 2.65 bits per heavy atom. The maximum Gasteiger partial charge on any atom is 0.363 e. The molecule has 116 valence electrons. The van der Waals surface area contributed by atoms with Gasteiger partial charge in [-0.05, 0) is 30.3 Å². The van der Waals surface area contributed by atoms with E-state index in [0.717, 1.165) is 5.56 Å². The lowest BCUT2D eigenvalue weighted by Gasteiger charge is -2.03. The Balaban J connectivity index is 1.96. The topological polar surface area (TPSA) is 57.1 Å². The Bertz CT molecular complexity index is 808. The van der Waals surface area contributed by atoms with Gasteiger partial charge in [-0.1, -0.05) is 24.3 Å². The molecule has 0 spiro atoms. The van der Waals surface area contributed by atoms with Crippen LogP contribution in [0.25, 0.3) is 6.08 Å². The molecule has 0 N–H and O–H groups in total. The van der Waals surface area contributed by atoms with Crippen molar-refractivity contribution in [3.8, 4) is 11.5 Å². The number of ether oxygens (including phenoxy) is 3. The van der Waals surface area contributed by atoms with E-state index in [2.05, 4.69) is 4.99 Å². The van der Waals surface area contributed by atoms with Crippen LogP contribution in [0.2, 0.25) is 0 Å². The van der Waals surface area contributed by atoms with Gasteiger partial charge in [-0.3, -0.25) is 0 Å². The summed E-state index contributed by atoms with van der Waals surface area (Å²) in [6, 6.07) is 14.6. The van der Waals surface area contributed by atoms with Gasteiger partial charge in [0.2, 0.25) is 5.90 Å². The van der Waals surface area contributed by atoms with Crippen LogP contribution in [-0.2, 0) is 9.53 Å². The largest absolute Gasteiger partial charge is 0.497 e. The molecule has 5 heteroatoms. The first-order chi connectivity index (χ1) is 11.2. The SMILES string of the molecule is COc1cccc(C2=N/C(=C/c3ccccc3OC)C(=O)O2)c1. The lowest BCUT2D eigenvalue weighted by Crippen LogP contribution is -2.05. The van der Waals surface area contributed by atoms with Crippen molar-refractivity contribution >= 4 is 17.9 Å². The van der Waals surface area contributed by atoms with Crippen molar-refractivity contribution in [2.45, 2.75) is 0 Å². The molecule has 0 radical (unpaired) electrons. The van der Waals surface area contributed by atoms with Gasteiger partial charge in [-0.2, -0.15) is 0 Å². The van der Waals surface area contributed by atoms with Crippen LogP contribution in [0.3, 0.4) is 0 Å². The molecule has 0 saturated carbocycles. The molecular weight excluding hydrogens is 294 g/mol. The van der Waals surface area contributed by atoms with Crippen LogP contribution in [0.4, 0.5) is 0 Å². The van der Waals surface area contributed by atoms with Gasteiger partial charge in [0.25, 0.3) is 0 Å². The second-order valence-electron chi connectivity index (χ2n) is 4.81. The Morgan fingerprint density at radius 2 is 1.87 bits per heavy atom. The van der Waals surface area contributed by atoms with Crippen LogP contribution < -0.4 is 9.47 Å². The molecule has 3 rings (SSSR count). The van der Waals surface area contributed by atoms with Gasteiger partial charge in [-0.15, -0.1) is 0 Å². The zero-order chi connectivity index (χ0) is 16.2. The molecule has 0 fully saturated rings. The van der Waals surface area contributed by atoms with Crippen molar-refractivity contribution in [1.82, 2.24) is 0 Å². The predicted molar refractivity (Wildman–Crippen MR) is 86.6 cm³/mol. The smallest absolute Gasteiger partial charge is 0.363 e. The lowest BCUT2D eigenvalue weighted by molar-refractivity contribution is -0.129. The number of hydrogen-bond donors (Lipinski definition) is 0. The second-order valence-corrected chi connectivity index (χ2v) is 4.81. The van der Waals surface area contributed by atoms with E-state index >= 15 is 0 Å². The predicted octanol–water partition coefficient (Wildman–Crippen LogP) is 3.05. The summed E-state index contributed by atoms with van der Waals surface area (Å²) >= 11 is 0. The first kappa shape index (κ1) is 14.8. The summed E-state index contributed by atoms with van der Waals surface area (Å²) in [5, 5.41) is 0. The third kappa shape index (κ3) is 3.08. The number of benzene rings is 2. The molecule has 0 aliphatic carbocycles. The lowest BCUT2D eigenvalue weighted by atomic mass is 10.1. The number of hydrogen-bond acceptors (Lipinski definition) is 5. The monoisotopic (exact) mass is 309 g/mol. The summed E-state index contributed by atoms with van der Waals surface area (Å²) in [6.07, 6.45) is 1.65. The maximum absolute atomic E-state index is 12.0. The molecule has 2 aromatic rings. The molecule has 0 unspecified atom stereocenters. The zero-order valence-corrected chi connectivity index (χ0v) is 12.8. The van der Waals surface area contributed by atoms with Crippen LogP contribution in [0.15, 0.2) is 59.2 Å². The minimum atomic E-state index is -0.492. The molecule has 0 atom stereocenters. The van der Waals surface area contributed by atoms with E-state index in [9.17, 15) is 4.79 Å². The van der Waals surface area contributed by atoms with Gasteiger partial charge in [0.05, 0.1) is 14.2 Å². The normalized spacial score (nSPS) is 15.3. The third-order valence-electron chi connectivity index (χ3n) is 3.37. The second kappa shape index (κ2) is 6.36. The van der Waals surface area contributed by atoms with Crippen molar-refractivity contribution in [3.63, 3.8) is 0 Å². The molecule has 1 aliphatic heterocycles. The van der Waals surface area contributed by atoms with Gasteiger partial charge >= 0.3 is 5.97 Å². The number of methoxy groups -OCH3 is 2. The van der Waals surface area contributed by atoms with Gasteiger partial charge in [0.15, 0.2) is 5.70 Å². The van der Waals surface area contributed by atoms with Crippen molar-refractivity contribution in [3.05, 3.63) is 65.4 Å². The van der Waals surface area contributed by atoms with E-state index in [1.165, 1.54) is 0 Å². The molecular formula is C18H15NO4. The van der Waals surface area contributed by atoms with Crippen molar-refractivity contribution in [1.29, 1.82) is 0 Å². The Morgan fingerprint density at radius 1 is 1.04 bits per heavy atom. The molecule has 0 bridgehead atoms. The third-order valence-corrected chi connectivity index (χ3v) is 3.37. The molecule has 0 aromatic heterocycles. The van der Waals surface area contributed by atoms with Crippen molar-refractivity contribution in [2.75, 3.05) is 14.2 Å². The number of cyclic esters (lactones) is 1. The van der Waals surface area contributed by atoms with E-state index in [4.69, 9.17) is 14.2 Å². The van der Waals surface area contributed by atoms with E-state index < -0.39 is 5.97 Å². The van der Waals surface area contributed by atoms with Crippen LogP contribution >= 0.6 is 0 Å². The minimum Gasteiger partial charge on any atom is -0.497 e. The molecule has 5 nitrogen and oxygen atoms in total. The molecule has 2 aromatic carbocycles. The highest BCUT2D eigenvalue weighted by molar-refractivity contribution is 6.13. The fourth-order valence-corrected chi connectivity index (χ4v) is 2.22. The van der Waals surface area contributed by atoms with Gasteiger partial charge in [0.1, 0.15) is 11.5 Å². The highest BCUT2D eigenvalue weighted by Gasteiger charge is 2.24. The Kier molecular flexibility index (Phi) is 4.10. The zero-order valence-electron chi connectivity index (χ0n) is 12.8. The molecule has 1 heterocycles. The van der Waals surface area contributed by atoms with Crippen LogP contribution in [-0.4, -0.2) is 26.1 Å². The average Bonchev–Trinajstić information content (AvgIpc) is 2.96. The Hall–Kier alpha value is -3.08. The quantitative estimate of drug-likeness (QED) is 0.643. The molecule has 0 amide bonds. The first-order valence-electron chi connectivity index (χ1n) is 7.01. The summed E-state index contributed by atoms with van der Waals surface area (Å²) in [5.41, 5.74) is 1.67. The number of aliphatic imine (C=N–C) groups is 1. The fraction of sp³-hybridized carbons (Fsp3) is 0.111. The average molecular weight is 309 g/mol. The number of esters is 1. The molecule has 23 heavy (non-hydrogen) atoms. The van der Waals surface area contributed by atoms with Crippen molar-refractivity contribution < 1.29 is 19.0 Å². The fourth-order valence-electron chi connectivity index (χ4n) is 2.22. The van der Waals surface area contributed by atoms with Crippen LogP contribution in [0.1, 0.15) is 11.1 Å². The highest BCUT2D eigenvalue weighted by Crippen LogP contribution is 2.25. The van der Waals surface area contributed by atoms with Crippen LogP contribution in [0, 0.1) is 0 Å². The minimum absolute atomic E-state index is 0.229. The van der Waals surface area contributed by atoms with Gasteiger partial charge in [0, 0.05) is 11.1 Å². The van der Waals surface area contributed by atoms with Gasteiger partial charge in [-0.25, -0.2) is 9.79 Å². The van der Waals surface area contributed by atoms with E-state index in [0.29, 0.717) is 17.1 Å². The summed E-state index contributed by atoms with van der Waals surface area (Å²) in [4.78, 5) is 16.3. The first-order valence-corrected chi connectivity index (χ1v) is 7.01. The number of rotatable bonds is 4. The molecule has 0 saturated heterocycles. The molecule has 1 aliphatic rings. The summed E-state index contributed by atoms with van der Waals surface area (Å²) < 4.78 is 15.7. The number of para-hydroxylation sites is 1. The number of carbonyl (C=O) groups excluding carboxylic acids is 1. The summed E-state index contributed by atoms with van der Waals surface area (Å²) in [6.45, 7) is 0. The van der Waals surface area contributed by atoms with E-state index in [1.54, 1.807) is 32.4 Å². The summed E-state index contributed by atoms with van der Waals surface area (Å²) in [7, 11) is 3.16. The standard InChI is InChI=1S/C18H15NO4/c1-21-14-8-5-7-13(10-14)17-19-15(18(20)23-17)11-12-6-3-4-9-16(12)22-2/h3-11H,1-2H3/b15-11+. The van der Waals surface area contributed by atoms with Gasteiger partial charge < -0.3 is 14.2 Å². The van der Waals surface area contributed by atoms with Crippen molar-refractivity contribution in [2.24, 2.45) is 4.99 Å². The highest BCUT2D eigenvalue weighted by atomic mass is 16.6. The number of carbonyl (C=O) groups is 1. The summed E-state index contributed by atoms with van der Waals surface area (Å²) in [5.74, 6) is 1.10.